The number of benzene rings is 2. The average molecular weight is 437 g/mol. The number of nitrogens with one attached hydrogen (secondary N) is 2. The van der Waals surface area contributed by atoms with Crippen LogP contribution in [0.1, 0.15) is 27.0 Å². The van der Waals surface area contributed by atoms with Gasteiger partial charge in [0, 0.05) is 41.6 Å². The van der Waals surface area contributed by atoms with E-state index in [-0.39, 0.29) is 5.69 Å². The maximum absolute atomic E-state index is 12.9. The van der Waals surface area contributed by atoms with E-state index in [9.17, 15) is 18.0 Å². The van der Waals surface area contributed by atoms with E-state index < -0.39 is 17.6 Å². The predicted molar refractivity (Wildman–Crippen MR) is 114 cm³/mol. The van der Waals surface area contributed by atoms with Crippen LogP contribution in [-0.2, 0) is 19.1 Å². The minimum absolute atomic E-state index is 0.0988. The van der Waals surface area contributed by atoms with Gasteiger partial charge < -0.3 is 10.2 Å². The van der Waals surface area contributed by atoms with Crippen LogP contribution in [-0.4, -0.2) is 27.6 Å². The van der Waals surface area contributed by atoms with E-state index in [4.69, 9.17) is 0 Å². The fourth-order valence-electron chi connectivity index (χ4n) is 3.92. The summed E-state index contributed by atoms with van der Waals surface area (Å²) in [5, 5.41) is 10.3. The zero-order valence-electron chi connectivity index (χ0n) is 16.8. The molecule has 5 rings (SSSR count). The number of carbonyl (C=O) groups excluding carboxylic acids is 1. The summed E-state index contributed by atoms with van der Waals surface area (Å²) in [6, 6.07) is 12.0. The average Bonchev–Trinajstić information content (AvgIpc) is 3.40. The molecule has 2 N–H and O–H groups in total. The predicted octanol–water partition coefficient (Wildman–Crippen LogP) is 4.79. The number of fused-ring (bicyclic) bond motifs is 2. The summed E-state index contributed by atoms with van der Waals surface area (Å²) in [4.78, 5) is 19.3. The summed E-state index contributed by atoms with van der Waals surface area (Å²) in [7, 11) is 0. The van der Waals surface area contributed by atoms with Crippen LogP contribution in [0.4, 0.5) is 24.5 Å². The van der Waals surface area contributed by atoms with E-state index in [0.717, 1.165) is 52.9 Å². The van der Waals surface area contributed by atoms with Crippen molar-refractivity contribution in [2.24, 2.45) is 0 Å². The van der Waals surface area contributed by atoms with Crippen LogP contribution in [0.15, 0.2) is 60.9 Å². The number of alkyl halides is 3. The fourth-order valence-corrected chi connectivity index (χ4v) is 3.92. The summed E-state index contributed by atoms with van der Waals surface area (Å²) in [5.41, 5.74) is 3.48. The Balaban J connectivity index is 1.35. The molecule has 0 bridgehead atoms. The molecular weight excluding hydrogens is 419 g/mol. The normalized spacial score (nSPS) is 13.4. The number of carbonyl (C=O) groups is 1. The van der Waals surface area contributed by atoms with Crippen molar-refractivity contribution < 1.29 is 18.0 Å². The van der Waals surface area contributed by atoms with Crippen molar-refractivity contribution in [2.75, 3.05) is 16.8 Å². The molecule has 3 heterocycles. The molecular formula is C23H18F3N5O. The molecule has 2 aromatic heterocycles. The van der Waals surface area contributed by atoms with Gasteiger partial charge in [0.1, 0.15) is 0 Å². The molecule has 0 saturated carbocycles. The van der Waals surface area contributed by atoms with Gasteiger partial charge in [0.15, 0.2) is 5.65 Å². The second kappa shape index (κ2) is 7.67. The first-order valence-electron chi connectivity index (χ1n) is 10.0. The smallest absolute Gasteiger partial charge is 0.367 e. The minimum Gasteiger partial charge on any atom is -0.367 e. The Labute approximate surface area is 181 Å². The van der Waals surface area contributed by atoms with Gasteiger partial charge >= 0.3 is 6.18 Å². The Morgan fingerprint density at radius 3 is 2.84 bits per heavy atom. The minimum atomic E-state index is -4.47. The van der Waals surface area contributed by atoms with Crippen LogP contribution in [0.2, 0.25) is 0 Å². The Bertz CT molecular complexity index is 1310. The number of pyridine rings is 1. The molecule has 0 atom stereocenters. The third-order valence-electron chi connectivity index (χ3n) is 5.51. The number of amides is 1. The standard InChI is InChI=1S/C23H18F3N5O/c24-23(25,26)18-2-1-3-19(10-18)29-22(32)16-5-4-15-6-7-31(20(15)9-16)13-14-8-17-12-28-30-21(17)27-11-14/h1-5,8-12H,6-7,13H2,(H,29,32)(H,27,28,30). The molecule has 9 heteroatoms. The van der Waals surface area contributed by atoms with E-state index in [2.05, 4.69) is 25.4 Å². The highest BCUT2D eigenvalue weighted by molar-refractivity contribution is 6.05. The molecule has 1 aliphatic heterocycles. The largest absolute Gasteiger partial charge is 0.416 e. The number of aromatic amines is 1. The third-order valence-corrected chi connectivity index (χ3v) is 5.51. The molecule has 0 saturated heterocycles. The van der Waals surface area contributed by atoms with Crippen molar-refractivity contribution in [3.05, 3.63) is 83.2 Å². The van der Waals surface area contributed by atoms with E-state index in [0.29, 0.717) is 12.1 Å². The summed E-state index contributed by atoms with van der Waals surface area (Å²) in [5.74, 6) is -0.458. The first-order valence-corrected chi connectivity index (χ1v) is 10.0. The number of aromatic nitrogens is 3. The van der Waals surface area contributed by atoms with E-state index in [1.165, 1.54) is 12.1 Å². The molecule has 0 fully saturated rings. The highest BCUT2D eigenvalue weighted by atomic mass is 19.4. The second-order valence-electron chi connectivity index (χ2n) is 7.70. The van der Waals surface area contributed by atoms with Crippen LogP contribution in [0.25, 0.3) is 11.0 Å². The van der Waals surface area contributed by atoms with Gasteiger partial charge in [-0.25, -0.2) is 4.98 Å². The number of hydrogen-bond donors (Lipinski definition) is 2. The van der Waals surface area contributed by atoms with Crippen LogP contribution in [0.5, 0.6) is 0 Å². The maximum Gasteiger partial charge on any atom is 0.416 e. The van der Waals surface area contributed by atoms with Gasteiger partial charge in [-0.3, -0.25) is 9.89 Å². The topological polar surface area (TPSA) is 73.9 Å². The fraction of sp³-hybridized carbons (Fsp3) is 0.174. The monoisotopic (exact) mass is 437 g/mol. The SMILES string of the molecule is O=C(Nc1cccc(C(F)(F)F)c1)c1ccc2c(c1)N(Cc1cnc3[nH]ncc3c1)CC2. The Morgan fingerprint density at radius 1 is 1.12 bits per heavy atom. The lowest BCUT2D eigenvalue weighted by Crippen LogP contribution is -2.20. The van der Waals surface area contributed by atoms with E-state index in [1.54, 1.807) is 24.5 Å². The van der Waals surface area contributed by atoms with Crippen molar-refractivity contribution >= 4 is 28.3 Å². The number of H-pyrrole nitrogens is 1. The van der Waals surface area contributed by atoms with Crippen LogP contribution >= 0.6 is 0 Å². The molecule has 162 valence electrons. The lowest BCUT2D eigenvalue weighted by atomic mass is 10.1. The van der Waals surface area contributed by atoms with Crippen molar-refractivity contribution in [3.63, 3.8) is 0 Å². The first kappa shape index (κ1) is 20.0. The second-order valence-corrected chi connectivity index (χ2v) is 7.70. The molecule has 0 spiro atoms. The maximum atomic E-state index is 12.9. The van der Waals surface area contributed by atoms with Crippen LogP contribution in [0.3, 0.4) is 0 Å². The van der Waals surface area contributed by atoms with Gasteiger partial charge in [-0.2, -0.15) is 18.3 Å². The quantitative estimate of drug-likeness (QED) is 0.481. The first-order chi connectivity index (χ1) is 15.4. The van der Waals surface area contributed by atoms with Crippen molar-refractivity contribution in [2.45, 2.75) is 19.1 Å². The summed E-state index contributed by atoms with van der Waals surface area (Å²) in [6.07, 6.45) is -0.0991. The van der Waals surface area contributed by atoms with Gasteiger partial charge in [-0.15, -0.1) is 0 Å². The number of hydrogen-bond acceptors (Lipinski definition) is 4. The van der Waals surface area contributed by atoms with Crippen LogP contribution < -0.4 is 10.2 Å². The number of nitrogens with zero attached hydrogens (tertiary/aromatic N) is 3. The molecule has 0 aliphatic carbocycles. The highest BCUT2D eigenvalue weighted by Gasteiger charge is 2.30. The van der Waals surface area contributed by atoms with Crippen LogP contribution in [0, 0.1) is 0 Å². The molecule has 0 unspecified atom stereocenters. The van der Waals surface area contributed by atoms with Gasteiger partial charge in [-0.05, 0) is 53.9 Å². The molecule has 6 nitrogen and oxygen atoms in total. The lowest BCUT2D eigenvalue weighted by molar-refractivity contribution is -0.137. The molecule has 2 aromatic carbocycles. The van der Waals surface area contributed by atoms with Gasteiger partial charge in [0.2, 0.25) is 0 Å². The van der Waals surface area contributed by atoms with Gasteiger partial charge in [0.05, 0.1) is 11.8 Å². The summed E-state index contributed by atoms with van der Waals surface area (Å²) in [6.45, 7) is 1.43. The zero-order valence-corrected chi connectivity index (χ0v) is 16.8. The summed E-state index contributed by atoms with van der Waals surface area (Å²) < 4.78 is 38.8. The third kappa shape index (κ3) is 3.89. The van der Waals surface area contributed by atoms with Gasteiger partial charge in [0.25, 0.3) is 5.91 Å². The summed E-state index contributed by atoms with van der Waals surface area (Å²) >= 11 is 0. The number of halogens is 3. The Kier molecular flexibility index (Phi) is 4.80. The zero-order chi connectivity index (χ0) is 22.3. The molecule has 1 amide bonds. The van der Waals surface area contributed by atoms with E-state index >= 15 is 0 Å². The van der Waals surface area contributed by atoms with Crippen molar-refractivity contribution in [1.29, 1.82) is 0 Å². The Morgan fingerprint density at radius 2 is 2.00 bits per heavy atom. The molecule has 0 radical (unpaired) electrons. The van der Waals surface area contributed by atoms with Gasteiger partial charge in [-0.1, -0.05) is 12.1 Å². The van der Waals surface area contributed by atoms with Crippen molar-refractivity contribution in [3.8, 4) is 0 Å². The number of rotatable bonds is 4. The highest BCUT2D eigenvalue weighted by Crippen LogP contribution is 2.32. The van der Waals surface area contributed by atoms with E-state index in [1.807, 2.05) is 12.1 Å². The number of anilines is 2. The Hall–Kier alpha value is -3.88. The molecule has 4 aromatic rings. The lowest BCUT2D eigenvalue weighted by Gasteiger charge is -2.20. The van der Waals surface area contributed by atoms with Crippen molar-refractivity contribution in [1.82, 2.24) is 15.2 Å². The molecule has 32 heavy (non-hydrogen) atoms. The molecule has 1 aliphatic rings.